The maximum atomic E-state index is 12.4. The lowest BCUT2D eigenvalue weighted by atomic mass is 10.00. The molecule has 0 spiro atoms. The molecule has 0 radical (unpaired) electrons. The lowest BCUT2D eigenvalue weighted by Gasteiger charge is -2.20. The molecule has 2 atom stereocenters. The summed E-state index contributed by atoms with van der Waals surface area (Å²) in [6.45, 7) is 0. The summed E-state index contributed by atoms with van der Waals surface area (Å²) in [5.74, 6) is 0. The van der Waals surface area contributed by atoms with E-state index in [1.807, 2.05) is 0 Å². The maximum Gasteiger partial charge on any atom is 0.416 e. The Morgan fingerprint density at radius 2 is 1.68 bits per heavy atom. The Hall–Kier alpha value is -1.28. The molecule has 1 aromatic rings. The van der Waals surface area contributed by atoms with Crippen molar-refractivity contribution in [2.45, 2.75) is 30.9 Å². The quantitative estimate of drug-likeness (QED) is 0.839. The van der Waals surface area contributed by atoms with Crippen LogP contribution in [-0.4, -0.2) is 17.3 Å². The van der Waals surface area contributed by atoms with Crippen molar-refractivity contribution in [3.8, 4) is 0 Å². The van der Waals surface area contributed by atoms with Crippen LogP contribution in [0.2, 0.25) is 0 Å². The minimum absolute atomic E-state index is 0.255. The molecule has 0 aromatic heterocycles. The molecule has 3 N–H and O–H groups in total. The van der Waals surface area contributed by atoms with Gasteiger partial charge in [0, 0.05) is 6.42 Å². The van der Waals surface area contributed by atoms with E-state index in [-0.39, 0.29) is 5.56 Å². The summed E-state index contributed by atoms with van der Waals surface area (Å²) in [5, 5.41) is 9.50. The molecule has 0 heterocycles. The third kappa shape index (κ3) is 4.39. The van der Waals surface area contributed by atoms with Gasteiger partial charge in [-0.3, -0.25) is 0 Å². The summed E-state index contributed by atoms with van der Waals surface area (Å²) in [6, 6.07) is 1.20. The van der Waals surface area contributed by atoms with Gasteiger partial charge in [0.25, 0.3) is 0 Å². The second-order valence-corrected chi connectivity index (χ2v) is 4.02. The summed E-state index contributed by atoms with van der Waals surface area (Å²) in [7, 11) is 0. The van der Waals surface area contributed by atoms with E-state index in [1.54, 1.807) is 0 Å². The molecule has 108 valence electrons. The Labute approximate surface area is 104 Å². The van der Waals surface area contributed by atoms with Crippen molar-refractivity contribution in [1.82, 2.24) is 0 Å². The normalized spacial score (nSPS) is 16.2. The number of benzene rings is 1. The lowest BCUT2D eigenvalue weighted by Crippen LogP contribution is -2.38. The van der Waals surface area contributed by atoms with Crippen LogP contribution in [0.5, 0.6) is 0 Å². The molecule has 0 bridgehead atoms. The van der Waals surface area contributed by atoms with Crippen molar-refractivity contribution in [3.63, 3.8) is 0 Å². The number of hydrogen-bond acceptors (Lipinski definition) is 2. The summed E-state index contributed by atoms with van der Waals surface area (Å²) < 4.78 is 73.7. The van der Waals surface area contributed by atoms with Crippen LogP contribution in [0.25, 0.3) is 0 Å². The number of rotatable bonds is 3. The Bertz CT molecular complexity index is 428. The first-order valence-corrected chi connectivity index (χ1v) is 5.19. The van der Waals surface area contributed by atoms with Gasteiger partial charge in [0.1, 0.15) is 6.04 Å². The van der Waals surface area contributed by atoms with Crippen LogP contribution in [0.15, 0.2) is 24.3 Å². The number of halogens is 6. The van der Waals surface area contributed by atoms with Gasteiger partial charge in [0.2, 0.25) is 0 Å². The van der Waals surface area contributed by atoms with Gasteiger partial charge in [0.15, 0.2) is 0 Å². The third-order valence-electron chi connectivity index (χ3n) is 2.50. The summed E-state index contributed by atoms with van der Waals surface area (Å²) in [4.78, 5) is 0. The van der Waals surface area contributed by atoms with E-state index in [0.717, 1.165) is 18.2 Å². The SMILES string of the molecule is N[C@H](C[C@@H](O)c1cccc(C(F)(F)F)c1)C(F)(F)F. The highest BCUT2D eigenvalue weighted by Crippen LogP contribution is 2.32. The number of hydrogen-bond donors (Lipinski definition) is 2. The smallest absolute Gasteiger partial charge is 0.388 e. The third-order valence-corrected chi connectivity index (χ3v) is 2.50. The average Bonchev–Trinajstić information content (AvgIpc) is 2.26. The molecule has 19 heavy (non-hydrogen) atoms. The Morgan fingerprint density at radius 1 is 1.11 bits per heavy atom. The molecule has 0 unspecified atom stereocenters. The standard InChI is InChI=1S/C11H11F6NO/c12-10(13,14)7-3-1-2-6(4-7)8(19)5-9(18)11(15,16)17/h1-4,8-9,19H,5,18H2/t8-,9-/m1/s1. The summed E-state index contributed by atoms with van der Waals surface area (Å²) >= 11 is 0. The molecular formula is C11H11F6NO. The van der Waals surface area contributed by atoms with Crippen LogP contribution in [-0.2, 0) is 6.18 Å². The largest absolute Gasteiger partial charge is 0.416 e. The highest BCUT2D eigenvalue weighted by molar-refractivity contribution is 5.27. The predicted molar refractivity (Wildman–Crippen MR) is 55.1 cm³/mol. The van der Waals surface area contributed by atoms with E-state index in [0.29, 0.717) is 6.07 Å². The topological polar surface area (TPSA) is 46.2 Å². The van der Waals surface area contributed by atoms with Gasteiger partial charge in [-0.1, -0.05) is 12.1 Å². The first-order chi connectivity index (χ1) is 8.51. The van der Waals surface area contributed by atoms with Crippen molar-refractivity contribution in [3.05, 3.63) is 35.4 Å². The molecule has 0 saturated carbocycles. The van der Waals surface area contributed by atoms with Crippen LogP contribution in [0.1, 0.15) is 23.7 Å². The molecule has 8 heteroatoms. The van der Waals surface area contributed by atoms with Crippen molar-refractivity contribution in [1.29, 1.82) is 0 Å². The molecule has 0 aliphatic heterocycles. The maximum absolute atomic E-state index is 12.4. The fourth-order valence-corrected chi connectivity index (χ4v) is 1.43. The second kappa shape index (κ2) is 5.38. The van der Waals surface area contributed by atoms with E-state index in [9.17, 15) is 31.4 Å². The summed E-state index contributed by atoms with van der Waals surface area (Å²) in [5.41, 5.74) is 3.51. The minimum atomic E-state index is -4.71. The molecule has 0 amide bonds. The predicted octanol–water partition coefficient (Wildman–Crippen LogP) is 3.02. The van der Waals surface area contributed by atoms with Gasteiger partial charge in [0.05, 0.1) is 11.7 Å². The first kappa shape index (κ1) is 15.8. The second-order valence-electron chi connectivity index (χ2n) is 4.02. The van der Waals surface area contributed by atoms with E-state index in [4.69, 9.17) is 5.73 Å². The summed E-state index contributed by atoms with van der Waals surface area (Å²) in [6.07, 6.45) is -11.9. The van der Waals surface area contributed by atoms with Crippen LogP contribution >= 0.6 is 0 Å². The van der Waals surface area contributed by atoms with Gasteiger partial charge in [-0.25, -0.2) is 0 Å². The zero-order chi connectivity index (χ0) is 14.8. The Morgan fingerprint density at radius 3 is 2.16 bits per heavy atom. The van der Waals surface area contributed by atoms with Crippen LogP contribution in [0, 0.1) is 0 Å². The molecule has 2 nitrogen and oxygen atoms in total. The number of aliphatic hydroxyl groups excluding tert-OH is 1. The van der Waals surface area contributed by atoms with Crippen LogP contribution in [0.3, 0.4) is 0 Å². The molecule has 0 fully saturated rings. The zero-order valence-electron chi connectivity index (χ0n) is 9.46. The van der Waals surface area contributed by atoms with Crippen molar-refractivity contribution >= 4 is 0 Å². The van der Waals surface area contributed by atoms with Gasteiger partial charge in [-0.2, -0.15) is 26.3 Å². The molecule has 0 aliphatic carbocycles. The van der Waals surface area contributed by atoms with Gasteiger partial charge >= 0.3 is 12.4 Å². The Kier molecular flexibility index (Phi) is 4.46. The lowest BCUT2D eigenvalue weighted by molar-refractivity contribution is -0.154. The van der Waals surface area contributed by atoms with E-state index in [2.05, 4.69) is 0 Å². The zero-order valence-corrected chi connectivity index (χ0v) is 9.46. The van der Waals surface area contributed by atoms with E-state index in [1.165, 1.54) is 0 Å². The number of aliphatic hydroxyl groups is 1. The minimum Gasteiger partial charge on any atom is -0.388 e. The van der Waals surface area contributed by atoms with Crippen LogP contribution in [0.4, 0.5) is 26.3 Å². The molecule has 1 aromatic carbocycles. The van der Waals surface area contributed by atoms with Crippen molar-refractivity contribution in [2.24, 2.45) is 5.73 Å². The highest BCUT2D eigenvalue weighted by atomic mass is 19.4. The van der Waals surface area contributed by atoms with Gasteiger partial charge in [-0.05, 0) is 17.7 Å². The van der Waals surface area contributed by atoms with Gasteiger partial charge in [-0.15, -0.1) is 0 Å². The van der Waals surface area contributed by atoms with Crippen molar-refractivity contribution < 1.29 is 31.4 Å². The monoisotopic (exact) mass is 287 g/mol. The van der Waals surface area contributed by atoms with Crippen LogP contribution < -0.4 is 5.73 Å². The molecular weight excluding hydrogens is 276 g/mol. The first-order valence-electron chi connectivity index (χ1n) is 5.19. The number of alkyl halides is 6. The molecule has 0 aliphatic rings. The van der Waals surface area contributed by atoms with Crippen molar-refractivity contribution in [2.75, 3.05) is 0 Å². The van der Waals surface area contributed by atoms with Gasteiger partial charge < -0.3 is 10.8 Å². The molecule has 1 rings (SSSR count). The Balaban J connectivity index is 2.86. The molecule has 0 saturated heterocycles. The average molecular weight is 287 g/mol. The highest BCUT2D eigenvalue weighted by Gasteiger charge is 2.38. The van der Waals surface area contributed by atoms with E-state index >= 15 is 0 Å². The fourth-order valence-electron chi connectivity index (χ4n) is 1.43. The fraction of sp³-hybridized carbons (Fsp3) is 0.455. The van der Waals surface area contributed by atoms with E-state index < -0.39 is 36.5 Å². The number of nitrogens with two attached hydrogens (primary N) is 1.